The number of hydrogen-bond donors (Lipinski definition) is 1. The van der Waals surface area contributed by atoms with E-state index in [9.17, 15) is 0 Å². The number of rotatable bonds is 8. The maximum absolute atomic E-state index is 5.86. The quantitative estimate of drug-likeness (QED) is 0.311. The van der Waals surface area contributed by atoms with Crippen molar-refractivity contribution in [2.45, 2.75) is 6.92 Å². The van der Waals surface area contributed by atoms with Gasteiger partial charge in [0.05, 0.1) is 18.6 Å². The van der Waals surface area contributed by atoms with Crippen molar-refractivity contribution >= 4 is 52.5 Å². The fraction of sp³-hybridized carbons (Fsp3) is 0.294. The van der Waals surface area contributed by atoms with E-state index in [-0.39, 0.29) is 11.0 Å². The molecule has 9 heteroatoms. The van der Waals surface area contributed by atoms with E-state index in [1.807, 2.05) is 19.1 Å². The van der Waals surface area contributed by atoms with Crippen molar-refractivity contribution in [3.05, 3.63) is 52.6 Å². The van der Waals surface area contributed by atoms with E-state index < -0.39 is 0 Å². The van der Waals surface area contributed by atoms with Gasteiger partial charge in [-0.1, -0.05) is 17.7 Å². The molecule has 6 nitrogen and oxygen atoms in total. The van der Waals surface area contributed by atoms with E-state index in [1.165, 1.54) is 12.4 Å². The Morgan fingerprint density at radius 1 is 1.23 bits per heavy atom. The topological polar surface area (TPSA) is 79.8 Å². The van der Waals surface area contributed by atoms with Gasteiger partial charge in [0.1, 0.15) is 10.8 Å². The Hall–Kier alpha value is -1.89. The Balaban J connectivity index is 2.14. The summed E-state index contributed by atoms with van der Waals surface area (Å²) in [6.45, 7) is 3.48. The van der Waals surface area contributed by atoms with Crippen LogP contribution in [0.2, 0.25) is 5.15 Å². The molecule has 0 bridgehead atoms. The first-order chi connectivity index (χ1) is 12.5. The molecule has 0 radical (unpaired) electrons. The molecule has 2 aromatic rings. The first-order valence-electron chi connectivity index (χ1n) is 7.87. The zero-order valence-corrected chi connectivity index (χ0v) is 16.5. The van der Waals surface area contributed by atoms with Crippen LogP contribution in [0.15, 0.2) is 40.8 Å². The third kappa shape index (κ3) is 5.83. The van der Waals surface area contributed by atoms with Crippen LogP contribution in [-0.4, -0.2) is 46.9 Å². The molecular weight excluding hydrogens is 395 g/mol. The number of aromatic nitrogens is 2. The highest BCUT2D eigenvalue weighted by atomic mass is 35.5. The minimum Gasteiger partial charge on any atom is -0.380 e. The van der Waals surface area contributed by atoms with Crippen LogP contribution in [0.5, 0.6) is 0 Å². The first-order valence-corrected chi connectivity index (χ1v) is 9.31. The molecule has 138 valence electrons. The lowest BCUT2D eigenvalue weighted by Crippen LogP contribution is -2.27. The van der Waals surface area contributed by atoms with Gasteiger partial charge in [-0.3, -0.25) is 4.98 Å². The van der Waals surface area contributed by atoms with Gasteiger partial charge in [0.15, 0.2) is 5.84 Å². The standard InChI is InChI=1S/C17H19Cl3N6/c1-12-8-14(26(6-4-18)7-5-19)3-2-13(12)9-23-25-17(21)15-10-22-11-16(20)24-15/h2-3,8-11H,4-7H2,1H3,(H2,21,25)/b23-9+. The molecule has 26 heavy (non-hydrogen) atoms. The van der Waals surface area contributed by atoms with Crippen molar-refractivity contribution in [1.82, 2.24) is 9.97 Å². The van der Waals surface area contributed by atoms with Gasteiger partial charge in [0, 0.05) is 30.5 Å². The van der Waals surface area contributed by atoms with E-state index >= 15 is 0 Å². The Morgan fingerprint density at radius 3 is 2.58 bits per heavy atom. The minimum absolute atomic E-state index is 0.140. The van der Waals surface area contributed by atoms with Crippen molar-refractivity contribution < 1.29 is 0 Å². The van der Waals surface area contributed by atoms with E-state index in [2.05, 4.69) is 31.1 Å². The number of anilines is 1. The van der Waals surface area contributed by atoms with Gasteiger partial charge in [-0.05, 0) is 30.2 Å². The third-order valence-corrected chi connectivity index (χ3v) is 4.08. The maximum Gasteiger partial charge on any atom is 0.173 e. The summed E-state index contributed by atoms with van der Waals surface area (Å²) in [5.41, 5.74) is 9.26. The summed E-state index contributed by atoms with van der Waals surface area (Å²) >= 11 is 17.5. The second-order valence-corrected chi connectivity index (χ2v) is 6.51. The van der Waals surface area contributed by atoms with E-state index in [0.29, 0.717) is 17.5 Å². The number of nitrogens with zero attached hydrogens (tertiary/aromatic N) is 5. The molecule has 0 saturated heterocycles. The van der Waals surface area contributed by atoms with Gasteiger partial charge in [0.2, 0.25) is 0 Å². The van der Waals surface area contributed by atoms with Crippen molar-refractivity contribution in [1.29, 1.82) is 0 Å². The molecule has 1 heterocycles. The molecule has 0 atom stereocenters. The molecule has 0 unspecified atom stereocenters. The molecule has 0 fully saturated rings. The van der Waals surface area contributed by atoms with Gasteiger partial charge < -0.3 is 10.6 Å². The van der Waals surface area contributed by atoms with Crippen LogP contribution in [0.4, 0.5) is 5.69 Å². The fourth-order valence-electron chi connectivity index (χ4n) is 2.25. The predicted molar refractivity (Wildman–Crippen MR) is 110 cm³/mol. The highest BCUT2D eigenvalue weighted by molar-refractivity contribution is 6.29. The normalized spacial score (nSPS) is 11.9. The smallest absolute Gasteiger partial charge is 0.173 e. The third-order valence-electron chi connectivity index (χ3n) is 3.56. The Bertz CT molecular complexity index is 788. The number of hydrogen-bond acceptors (Lipinski definition) is 5. The SMILES string of the molecule is Cc1cc(N(CCCl)CCCl)ccc1/C=N/N=C(\N)c1cncc(Cl)n1. The van der Waals surface area contributed by atoms with Gasteiger partial charge >= 0.3 is 0 Å². The van der Waals surface area contributed by atoms with E-state index in [0.717, 1.165) is 29.9 Å². The van der Waals surface area contributed by atoms with Gasteiger partial charge in [-0.2, -0.15) is 5.10 Å². The first kappa shape index (κ1) is 20.4. The second-order valence-electron chi connectivity index (χ2n) is 5.36. The zero-order valence-electron chi connectivity index (χ0n) is 14.2. The lowest BCUT2D eigenvalue weighted by atomic mass is 10.1. The second kappa shape index (κ2) is 10.3. The molecule has 0 aliphatic carbocycles. The number of benzene rings is 1. The van der Waals surface area contributed by atoms with Crippen LogP contribution in [0, 0.1) is 6.92 Å². The highest BCUT2D eigenvalue weighted by Crippen LogP contribution is 2.19. The number of amidine groups is 1. The molecule has 2 rings (SSSR count). The minimum atomic E-state index is 0.140. The summed E-state index contributed by atoms with van der Waals surface area (Å²) in [6.07, 6.45) is 4.53. The summed E-state index contributed by atoms with van der Waals surface area (Å²) in [4.78, 5) is 10.1. The summed E-state index contributed by atoms with van der Waals surface area (Å²) in [5, 5.41) is 8.22. The fourth-order valence-corrected chi connectivity index (χ4v) is 2.80. The predicted octanol–water partition coefficient (Wildman–Crippen LogP) is 3.46. The molecule has 1 aromatic heterocycles. The van der Waals surface area contributed by atoms with Crippen molar-refractivity contribution in [2.75, 3.05) is 29.7 Å². The lowest BCUT2D eigenvalue weighted by molar-refractivity contribution is 0.873. The van der Waals surface area contributed by atoms with Crippen molar-refractivity contribution in [2.24, 2.45) is 15.9 Å². The van der Waals surface area contributed by atoms with Crippen molar-refractivity contribution in [3.8, 4) is 0 Å². The molecule has 1 aromatic carbocycles. The van der Waals surface area contributed by atoms with Gasteiger partial charge in [-0.15, -0.1) is 28.3 Å². The van der Waals surface area contributed by atoms with Crippen LogP contribution >= 0.6 is 34.8 Å². The van der Waals surface area contributed by atoms with Crippen LogP contribution in [0.3, 0.4) is 0 Å². The summed E-state index contributed by atoms with van der Waals surface area (Å²) < 4.78 is 0. The largest absolute Gasteiger partial charge is 0.380 e. The molecule has 0 aliphatic rings. The molecule has 0 aliphatic heterocycles. The maximum atomic E-state index is 5.86. The van der Waals surface area contributed by atoms with Crippen LogP contribution in [0.25, 0.3) is 0 Å². The van der Waals surface area contributed by atoms with Crippen LogP contribution in [0.1, 0.15) is 16.8 Å². The average molecular weight is 414 g/mol. The number of alkyl halides is 2. The lowest BCUT2D eigenvalue weighted by Gasteiger charge is -2.23. The summed E-state index contributed by atoms with van der Waals surface area (Å²) in [5.74, 6) is 1.22. The molecule has 0 saturated carbocycles. The number of aryl methyl sites for hydroxylation is 1. The van der Waals surface area contributed by atoms with Gasteiger partial charge in [0.25, 0.3) is 0 Å². The Labute approximate surface area is 167 Å². The summed E-state index contributed by atoms with van der Waals surface area (Å²) in [7, 11) is 0. The zero-order chi connectivity index (χ0) is 18.9. The molecular formula is C17H19Cl3N6. The number of halogens is 3. The van der Waals surface area contributed by atoms with Crippen LogP contribution in [-0.2, 0) is 0 Å². The van der Waals surface area contributed by atoms with Crippen molar-refractivity contribution in [3.63, 3.8) is 0 Å². The monoisotopic (exact) mass is 412 g/mol. The molecule has 2 N–H and O–H groups in total. The van der Waals surface area contributed by atoms with Crippen LogP contribution < -0.4 is 10.6 Å². The number of nitrogens with two attached hydrogens (primary N) is 1. The molecule has 0 amide bonds. The highest BCUT2D eigenvalue weighted by Gasteiger charge is 2.07. The van der Waals surface area contributed by atoms with E-state index in [4.69, 9.17) is 40.5 Å². The Kier molecular flexibility index (Phi) is 8.09. The van der Waals surface area contributed by atoms with E-state index in [1.54, 1.807) is 6.21 Å². The Morgan fingerprint density at radius 2 is 1.96 bits per heavy atom. The van der Waals surface area contributed by atoms with Gasteiger partial charge in [-0.25, -0.2) is 4.98 Å². The molecule has 0 spiro atoms. The average Bonchev–Trinajstić information content (AvgIpc) is 2.62. The summed E-state index contributed by atoms with van der Waals surface area (Å²) in [6, 6.07) is 6.04.